The van der Waals surface area contributed by atoms with Crippen LogP contribution < -0.4 is 10.6 Å². The summed E-state index contributed by atoms with van der Waals surface area (Å²) in [6.45, 7) is 0.961. The largest absolute Gasteiger partial charge is 0.349 e. The minimum atomic E-state index is -0.0616. The van der Waals surface area contributed by atoms with Crippen molar-refractivity contribution in [3.63, 3.8) is 0 Å². The van der Waals surface area contributed by atoms with Crippen molar-refractivity contribution in [2.75, 3.05) is 6.54 Å². The Bertz CT molecular complexity index is 615. The molecular formula is C17H27ClN6O. The van der Waals surface area contributed by atoms with Gasteiger partial charge in [0.2, 0.25) is 5.91 Å². The van der Waals surface area contributed by atoms with E-state index in [0.717, 1.165) is 51.5 Å². The maximum atomic E-state index is 12.8. The Labute approximate surface area is 154 Å². The van der Waals surface area contributed by atoms with Gasteiger partial charge in [-0.3, -0.25) is 4.79 Å². The van der Waals surface area contributed by atoms with Gasteiger partial charge < -0.3 is 10.6 Å². The normalized spacial score (nSPS) is 42.0. The molecule has 2 N–H and O–H groups in total. The van der Waals surface area contributed by atoms with Crippen LogP contribution in [0.2, 0.25) is 0 Å². The summed E-state index contributed by atoms with van der Waals surface area (Å²) in [5, 5.41) is 19.4. The molecule has 2 heterocycles. The second kappa shape index (κ2) is 6.20. The van der Waals surface area contributed by atoms with E-state index in [0.29, 0.717) is 11.8 Å². The highest BCUT2D eigenvalue weighted by atomic mass is 35.5. The molecule has 4 aliphatic carbocycles. The monoisotopic (exact) mass is 366 g/mol. The number of halogens is 1. The van der Waals surface area contributed by atoms with Crippen LogP contribution in [0.5, 0.6) is 0 Å². The smallest absolute Gasteiger partial charge is 0.237 e. The number of hydrogen-bond acceptors (Lipinski definition) is 5. The average Bonchev–Trinajstić information content (AvgIpc) is 3.09. The molecule has 1 amide bonds. The number of piperidine rings is 1. The highest BCUT2D eigenvalue weighted by Crippen LogP contribution is 2.60. The van der Waals surface area contributed by atoms with Gasteiger partial charge in [0, 0.05) is 5.54 Å². The Morgan fingerprint density at radius 1 is 1.20 bits per heavy atom. The molecule has 8 heteroatoms. The quantitative estimate of drug-likeness (QED) is 0.844. The molecule has 4 bridgehead atoms. The van der Waals surface area contributed by atoms with E-state index in [1.165, 1.54) is 19.2 Å². The summed E-state index contributed by atoms with van der Waals surface area (Å²) in [7, 11) is 0. The van der Waals surface area contributed by atoms with Crippen molar-refractivity contribution in [3.05, 3.63) is 6.33 Å². The van der Waals surface area contributed by atoms with E-state index < -0.39 is 0 Å². The molecule has 4 saturated carbocycles. The fraction of sp³-hybridized carbons (Fsp3) is 0.882. The number of hydrogen-bond donors (Lipinski definition) is 2. The standard InChI is InChI=1S/C17H26N6O.ClH/c24-15(14-3-1-2-4-18-14)21-16-6-12-5-13(7-16)9-17(8-12,10-16)23-20-11-19-22-23;/h11-14,18H,1-10H2,(H,21,24);1H/t12?,13?,14-,16?,17?;/m0./s1. The first-order valence-electron chi connectivity index (χ1n) is 9.45. The van der Waals surface area contributed by atoms with Crippen molar-refractivity contribution < 1.29 is 4.79 Å². The molecular weight excluding hydrogens is 340 g/mol. The van der Waals surface area contributed by atoms with Gasteiger partial charge >= 0.3 is 0 Å². The number of rotatable bonds is 3. The number of amides is 1. The zero-order valence-electron chi connectivity index (χ0n) is 14.5. The second-order valence-corrected chi connectivity index (χ2v) is 8.68. The van der Waals surface area contributed by atoms with Crippen molar-refractivity contribution >= 4 is 18.3 Å². The van der Waals surface area contributed by atoms with E-state index in [2.05, 4.69) is 26.0 Å². The molecule has 0 aromatic carbocycles. The maximum Gasteiger partial charge on any atom is 0.237 e. The summed E-state index contributed by atoms with van der Waals surface area (Å²) in [4.78, 5) is 14.7. The maximum absolute atomic E-state index is 12.8. The van der Waals surface area contributed by atoms with Gasteiger partial charge in [0.1, 0.15) is 0 Å². The molecule has 7 nitrogen and oxygen atoms in total. The Morgan fingerprint density at radius 3 is 2.64 bits per heavy atom. The Balaban J connectivity index is 0.00000157. The van der Waals surface area contributed by atoms with E-state index >= 15 is 0 Å². The van der Waals surface area contributed by atoms with Gasteiger partial charge in [-0.25, -0.2) is 0 Å². The lowest BCUT2D eigenvalue weighted by molar-refractivity contribution is -0.133. The molecule has 5 fully saturated rings. The Kier molecular flexibility index (Phi) is 4.27. The molecule has 1 aliphatic heterocycles. The van der Waals surface area contributed by atoms with E-state index in [1.807, 2.05) is 4.80 Å². The molecule has 0 radical (unpaired) electrons. The van der Waals surface area contributed by atoms with Gasteiger partial charge in [-0.2, -0.15) is 4.80 Å². The predicted molar refractivity (Wildman–Crippen MR) is 94.2 cm³/mol. The van der Waals surface area contributed by atoms with E-state index in [4.69, 9.17) is 0 Å². The zero-order valence-corrected chi connectivity index (χ0v) is 15.3. The molecule has 138 valence electrons. The summed E-state index contributed by atoms with van der Waals surface area (Å²) in [6.07, 6.45) is 11.6. The fourth-order valence-electron chi connectivity index (χ4n) is 6.40. The summed E-state index contributed by atoms with van der Waals surface area (Å²) < 4.78 is 0. The molecule has 0 spiro atoms. The second-order valence-electron chi connectivity index (χ2n) is 8.68. The number of tetrazole rings is 1. The first kappa shape index (κ1) is 17.2. The average molecular weight is 367 g/mol. The first-order chi connectivity index (χ1) is 11.7. The van der Waals surface area contributed by atoms with Crippen molar-refractivity contribution in [2.45, 2.75) is 74.9 Å². The number of aromatic nitrogens is 4. The predicted octanol–water partition coefficient (Wildman–Crippen LogP) is 1.40. The minimum Gasteiger partial charge on any atom is -0.349 e. The number of carbonyl (C=O) groups excluding carboxylic acids is 1. The van der Waals surface area contributed by atoms with Crippen LogP contribution in [0, 0.1) is 11.8 Å². The number of nitrogens with zero attached hydrogens (tertiary/aromatic N) is 4. The lowest BCUT2D eigenvalue weighted by atomic mass is 9.50. The summed E-state index contributed by atoms with van der Waals surface area (Å²) in [5.41, 5.74) is -0.0955. The van der Waals surface area contributed by atoms with E-state index in [1.54, 1.807) is 0 Å². The molecule has 3 atom stereocenters. The lowest BCUT2D eigenvalue weighted by Gasteiger charge is -2.61. The van der Waals surface area contributed by atoms with E-state index in [9.17, 15) is 4.79 Å². The lowest BCUT2D eigenvalue weighted by Crippen LogP contribution is -2.67. The Morgan fingerprint density at radius 2 is 2.00 bits per heavy atom. The molecule has 1 aromatic rings. The third kappa shape index (κ3) is 2.85. The topological polar surface area (TPSA) is 84.7 Å². The van der Waals surface area contributed by atoms with Crippen LogP contribution in [0.1, 0.15) is 57.8 Å². The molecule has 5 aliphatic rings. The summed E-state index contributed by atoms with van der Waals surface area (Å²) in [5.74, 6) is 1.56. The highest BCUT2D eigenvalue weighted by Gasteiger charge is 2.60. The van der Waals surface area contributed by atoms with Crippen molar-refractivity contribution in [1.29, 1.82) is 0 Å². The zero-order chi connectivity index (χ0) is 16.2. The summed E-state index contributed by atoms with van der Waals surface area (Å²) >= 11 is 0. The van der Waals surface area contributed by atoms with E-state index in [-0.39, 0.29) is 35.4 Å². The molecule has 1 aromatic heterocycles. The van der Waals surface area contributed by atoms with Gasteiger partial charge in [-0.1, -0.05) is 6.42 Å². The van der Waals surface area contributed by atoms with Crippen LogP contribution in [0.15, 0.2) is 6.33 Å². The van der Waals surface area contributed by atoms with Gasteiger partial charge in [0.25, 0.3) is 0 Å². The van der Waals surface area contributed by atoms with Crippen LogP contribution in [0.3, 0.4) is 0 Å². The van der Waals surface area contributed by atoms with Gasteiger partial charge in [-0.15, -0.1) is 22.6 Å². The third-order valence-corrected chi connectivity index (χ3v) is 6.82. The molecule has 2 unspecified atom stereocenters. The molecule has 25 heavy (non-hydrogen) atoms. The molecule has 1 saturated heterocycles. The number of nitrogens with one attached hydrogen (secondary N) is 2. The first-order valence-corrected chi connectivity index (χ1v) is 9.45. The SMILES string of the molecule is Cl.O=C(NC12CC3CC(C1)CC(n1ncnn1)(C3)C2)[C@@H]1CCCCN1. The summed E-state index contributed by atoms with van der Waals surface area (Å²) in [6, 6.07) is -0.00722. The van der Waals surface area contributed by atoms with Crippen LogP contribution in [-0.4, -0.2) is 44.2 Å². The molecule has 6 rings (SSSR count). The fourth-order valence-corrected chi connectivity index (χ4v) is 6.40. The van der Waals surface area contributed by atoms with Crippen molar-refractivity contribution in [3.8, 4) is 0 Å². The van der Waals surface area contributed by atoms with Gasteiger partial charge in [-0.05, 0) is 75.0 Å². The van der Waals surface area contributed by atoms with Crippen LogP contribution >= 0.6 is 12.4 Å². The van der Waals surface area contributed by atoms with Crippen molar-refractivity contribution in [2.24, 2.45) is 11.8 Å². The van der Waals surface area contributed by atoms with Crippen molar-refractivity contribution in [1.82, 2.24) is 30.8 Å². The minimum absolute atomic E-state index is 0. The number of carbonyl (C=O) groups is 1. The van der Waals surface area contributed by atoms with Crippen LogP contribution in [-0.2, 0) is 10.3 Å². The van der Waals surface area contributed by atoms with Gasteiger partial charge in [0.15, 0.2) is 6.33 Å². The highest BCUT2D eigenvalue weighted by molar-refractivity contribution is 5.85. The van der Waals surface area contributed by atoms with Crippen LogP contribution in [0.25, 0.3) is 0 Å². The van der Waals surface area contributed by atoms with Gasteiger partial charge in [0.05, 0.1) is 11.6 Å². The Hall–Kier alpha value is -1.21. The third-order valence-electron chi connectivity index (χ3n) is 6.82. The van der Waals surface area contributed by atoms with Crippen LogP contribution in [0.4, 0.5) is 0 Å².